The van der Waals surface area contributed by atoms with Crippen LogP contribution < -0.4 is 4.90 Å². The van der Waals surface area contributed by atoms with E-state index in [2.05, 4.69) is 0 Å². The van der Waals surface area contributed by atoms with Gasteiger partial charge in [-0.3, -0.25) is 9.59 Å². The number of carbonyl (C=O) groups is 2. The van der Waals surface area contributed by atoms with Gasteiger partial charge in [-0.05, 0) is 49.9 Å². The zero-order chi connectivity index (χ0) is 14.8. The molecule has 2 amide bonds. The average molecular weight is 307 g/mol. The van der Waals surface area contributed by atoms with E-state index < -0.39 is 5.92 Å². The van der Waals surface area contributed by atoms with Gasteiger partial charge in [0.2, 0.25) is 11.8 Å². The molecule has 0 spiro atoms. The smallest absolute Gasteiger partial charge is 0.239 e. The molecule has 0 saturated carbocycles. The molecule has 0 radical (unpaired) electrons. The van der Waals surface area contributed by atoms with Crippen LogP contribution in [-0.2, 0) is 9.59 Å². The number of halogens is 1. The van der Waals surface area contributed by atoms with Crippen LogP contribution in [0.2, 0.25) is 5.02 Å². The minimum atomic E-state index is -0.501. The van der Waals surface area contributed by atoms with E-state index in [1.807, 2.05) is 17.0 Å². The van der Waals surface area contributed by atoms with Gasteiger partial charge in [-0.15, -0.1) is 0 Å². The van der Waals surface area contributed by atoms with Crippen LogP contribution in [0.25, 0.3) is 0 Å². The van der Waals surface area contributed by atoms with Gasteiger partial charge in [-0.2, -0.15) is 0 Å². The van der Waals surface area contributed by atoms with E-state index in [4.69, 9.17) is 11.6 Å². The van der Waals surface area contributed by atoms with E-state index in [0.29, 0.717) is 18.0 Å². The molecule has 0 bridgehead atoms. The van der Waals surface area contributed by atoms with Crippen LogP contribution in [0.4, 0.5) is 5.69 Å². The molecule has 4 nitrogen and oxygen atoms in total. The van der Waals surface area contributed by atoms with Crippen molar-refractivity contribution >= 4 is 29.1 Å². The summed E-state index contributed by atoms with van der Waals surface area (Å²) >= 11 is 5.87. The summed E-state index contributed by atoms with van der Waals surface area (Å²) in [6.07, 6.45) is 3.89. The second-order valence-corrected chi connectivity index (χ2v) is 6.13. The third-order valence-electron chi connectivity index (χ3n) is 4.31. The Morgan fingerprint density at radius 3 is 2.38 bits per heavy atom. The second-order valence-electron chi connectivity index (χ2n) is 5.69. The van der Waals surface area contributed by atoms with Gasteiger partial charge in [0.05, 0.1) is 0 Å². The number of amides is 2. The summed E-state index contributed by atoms with van der Waals surface area (Å²) in [6, 6.07) is 7.19. The van der Waals surface area contributed by atoms with Gasteiger partial charge in [-0.1, -0.05) is 11.6 Å². The Balaban J connectivity index is 1.71. The van der Waals surface area contributed by atoms with Crippen LogP contribution in [0.3, 0.4) is 0 Å². The number of piperidine rings is 1. The monoisotopic (exact) mass is 306 g/mol. The van der Waals surface area contributed by atoms with Gasteiger partial charge >= 0.3 is 0 Å². The summed E-state index contributed by atoms with van der Waals surface area (Å²) in [4.78, 5) is 28.6. The highest BCUT2D eigenvalue weighted by molar-refractivity contribution is 6.30. The van der Waals surface area contributed by atoms with Crippen LogP contribution in [0, 0.1) is 5.92 Å². The molecule has 2 heterocycles. The highest BCUT2D eigenvalue weighted by Crippen LogP contribution is 2.28. The molecule has 1 aromatic carbocycles. The van der Waals surface area contributed by atoms with Crippen LogP contribution in [0.5, 0.6) is 0 Å². The summed E-state index contributed by atoms with van der Waals surface area (Å²) < 4.78 is 0. The molecule has 112 valence electrons. The second kappa shape index (κ2) is 6.06. The summed E-state index contributed by atoms with van der Waals surface area (Å²) in [7, 11) is 0. The van der Waals surface area contributed by atoms with Gasteiger partial charge < -0.3 is 9.80 Å². The molecule has 2 aliphatic heterocycles. The Morgan fingerprint density at radius 1 is 1.05 bits per heavy atom. The molecule has 1 aromatic rings. The highest BCUT2D eigenvalue weighted by atomic mass is 35.5. The van der Waals surface area contributed by atoms with Crippen molar-refractivity contribution in [1.29, 1.82) is 0 Å². The van der Waals surface area contributed by atoms with Crippen molar-refractivity contribution in [3.63, 3.8) is 0 Å². The number of hydrogen-bond acceptors (Lipinski definition) is 2. The van der Waals surface area contributed by atoms with E-state index >= 15 is 0 Å². The first-order chi connectivity index (χ1) is 10.2. The predicted molar refractivity (Wildman–Crippen MR) is 82.3 cm³/mol. The normalized spacial score (nSPS) is 22.7. The quantitative estimate of drug-likeness (QED) is 0.788. The third kappa shape index (κ3) is 2.91. The Kier molecular flexibility index (Phi) is 4.15. The lowest BCUT2D eigenvalue weighted by Crippen LogP contribution is -2.42. The molecule has 1 unspecified atom stereocenters. The maximum absolute atomic E-state index is 12.5. The molecular formula is C16H19ClN2O2. The van der Waals surface area contributed by atoms with E-state index in [1.54, 1.807) is 17.0 Å². The average Bonchev–Trinajstić information content (AvgIpc) is 2.90. The molecule has 3 rings (SSSR count). The van der Waals surface area contributed by atoms with Crippen LogP contribution in [0.1, 0.15) is 25.7 Å². The molecule has 2 aliphatic rings. The number of anilines is 1. The summed E-state index contributed by atoms with van der Waals surface area (Å²) in [6.45, 7) is 2.19. The van der Waals surface area contributed by atoms with Crippen molar-refractivity contribution in [2.24, 2.45) is 5.92 Å². The lowest BCUT2D eigenvalue weighted by atomic mass is 10.0. The first-order valence-electron chi connectivity index (χ1n) is 7.52. The van der Waals surface area contributed by atoms with E-state index in [1.165, 1.54) is 6.42 Å². The topological polar surface area (TPSA) is 40.6 Å². The lowest BCUT2D eigenvalue weighted by molar-refractivity contribution is -0.140. The lowest BCUT2D eigenvalue weighted by Gasteiger charge is -2.28. The number of nitrogens with zero attached hydrogens (tertiary/aromatic N) is 2. The molecular weight excluding hydrogens is 288 g/mol. The molecule has 0 aliphatic carbocycles. The number of carbonyl (C=O) groups excluding carboxylic acids is 2. The molecule has 21 heavy (non-hydrogen) atoms. The number of likely N-dealkylation sites (tertiary alicyclic amines) is 1. The van der Waals surface area contributed by atoms with Crippen molar-refractivity contribution in [1.82, 2.24) is 4.90 Å². The number of benzene rings is 1. The van der Waals surface area contributed by atoms with E-state index in [0.717, 1.165) is 31.6 Å². The van der Waals surface area contributed by atoms with E-state index in [-0.39, 0.29) is 11.8 Å². The van der Waals surface area contributed by atoms with E-state index in [9.17, 15) is 9.59 Å². The van der Waals surface area contributed by atoms with Crippen molar-refractivity contribution < 1.29 is 9.59 Å². The van der Waals surface area contributed by atoms with Gasteiger partial charge in [0.1, 0.15) is 5.92 Å². The maximum atomic E-state index is 12.5. The van der Waals surface area contributed by atoms with Gasteiger partial charge in [0.15, 0.2) is 0 Å². The first-order valence-corrected chi connectivity index (χ1v) is 7.90. The standard InChI is InChI=1S/C16H19ClN2O2/c17-12-4-6-13(7-5-12)19-11-8-14(16(19)21)15(20)18-9-2-1-3-10-18/h4-7,14H,1-3,8-11H2. The molecule has 0 aromatic heterocycles. The van der Waals surface area contributed by atoms with Crippen LogP contribution in [0.15, 0.2) is 24.3 Å². The zero-order valence-corrected chi connectivity index (χ0v) is 12.7. The molecule has 0 N–H and O–H groups in total. The summed E-state index contributed by atoms with van der Waals surface area (Å²) in [5.74, 6) is -0.567. The molecule has 2 fully saturated rings. The summed E-state index contributed by atoms with van der Waals surface area (Å²) in [5, 5.41) is 0.645. The Morgan fingerprint density at radius 2 is 1.71 bits per heavy atom. The highest BCUT2D eigenvalue weighted by Gasteiger charge is 2.39. The van der Waals surface area contributed by atoms with Crippen LogP contribution in [-0.4, -0.2) is 36.3 Å². The van der Waals surface area contributed by atoms with Gasteiger partial charge in [-0.25, -0.2) is 0 Å². The third-order valence-corrected chi connectivity index (χ3v) is 4.56. The zero-order valence-electron chi connectivity index (χ0n) is 11.9. The Bertz CT molecular complexity index is 538. The fraction of sp³-hybridized carbons (Fsp3) is 0.500. The number of hydrogen-bond donors (Lipinski definition) is 0. The van der Waals surface area contributed by atoms with Crippen molar-refractivity contribution in [2.45, 2.75) is 25.7 Å². The molecule has 5 heteroatoms. The Hall–Kier alpha value is -1.55. The van der Waals surface area contributed by atoms with Crippen molar-refractivity contribution in [3.05, 3.63) is 29.3 Å². The van der Waals surface area contributed by atoms with Crippen LogP contribution >= 0.6 is 11.6 Å². The SMILES string of the molecule is O=C(C1CCN(c2ccc(Cl)cc2)C1=O)N1CCCCC1. The van der Waals surface area contributed by atoms with Crippen molar-refractivity contribution in [2.75, 3.05) is 24.5 Å². The maximum Gasteiger partial charge on any atom is 0.239 e. The first kappa shape index (κ1) is 14.4. The minimum Gasteiger partial charge on any atom is -0.342 e. The van der Waals surface area contributed by atoms with Crippen molar-refractivity contribution in [3.8, 4) is 0 Å². The summed E-state index contributed by atoms with van der Waals surface area (Å²) in [5.41, 5.74) is 0.818. The fourth-order valence-electron chi connectivity index (χ4n) is 3.12. The fourth-order valence-corrected chi connectivity index (χ4v) is 3.25. The van der Waals surface area contributed by atoms with Gasteiger partial charge in [0, 0.05) is 30.3 Å². The Labute approximate surface area is 129 Å². The number of rotatable bonds is 2. The minimum absolute atomic E-state index is 0.0103. The van der Waals surface area contributed by atoms with Gasteiger partial charge in [0.25, 0.3) is 0 Å². The molecule has 2 saturated heterocycles. The predicted octanol–water partition coefficient (Wildman–Crippen LogP) is 2.71. The largest absolute Gasteiger partial charge is 0.342 e. The molecule has 1 atom stereocenters.